The Morgan fingerprint density at radius 2 is 2.14 bits per heavy atom. The monoisotopic (exact) mass is 381 g/mol. The van der Waals surface area contributed by atoms with Gasteiger partial charge in [-0.2, -0.15) is 12.7 Å². The Morgan fingerprint density at radius 3 is 2.67 bits per heavy atom. The van der Waals surface area contributed by atoms with E-state index < -0.39 is 21.1 Å². The van der Waals surface area contributed by atoms with Crippen molar-refractivity contribution in [3.63, 3.8) is 0 Å². The molecule has 0 aliphatic rings. The summed E-state index contributed by atoms with van der Waals surface area (Å²) in [5.74, 6) is -1.13. The Labute approximate surface area is 129 Å². The SMILES string of the molecule is CN(CCC(=O)O)S(=O)(=O)Nc1cc([N+](=O)[O-])ccc1Br. The van der Waals surface area contributed by atoms with Gasteiger partial charge in [-0.1, -0.05) is 0 Å². The van der Waals surface area contributed by atoms with Crippen molar-refractivity contribution in [2.24, 2.45) is 0 Å². The second-order valence-corrected chi connectivity index (χ2v) is 6.63. The van der Waals surface area contributed by atoms with Crippen LogP contribution in [0.4, 0.5) is 11.4 Å². The van der Waals surface area contributed by atoms with Gasteiger partial charge in [0.05, 0.1) is 17.0 Å². The number of nitro groups is 1. The summed E-state index contributed by atoms with van der Waals surface area (Å²) in [7, 11) is -2.80. The molecule has 0 aromatic heterocycles. The van der Waals surface area contributed by atoms with Crippen molar-refractivity contribution in [1.82, 2.24) is 4.31 Å². The fraction of sp³-hybridized carbons (Fsp3) is 0.300. The number of benzene rings is 1. The Balaban J connectivity index is 2.95. The van der Waals surface area contributed by atoms with Gasteiger partial charge in [-0.3, -0.25) is 19.6 Å². The molecule has 0 unspecified atom stereocenters. The molecule has 0 radical (unpaired) electrons. The lowest BCUT2D eigenvalue weighted by atomic mass is 10.3. The van der Waals surface area contributed by atoms with Gasteiger partial charge in [0.2, 0.25) is 0 Å². The lowest BCUT2D eigenvalue weighted by Gasteiger charge is -2.18. The van der Waals surface area contributed by atoms with E-state index in [1.54, 1.807) is 0 Å². The molecule has 0 aliphatic heterocycles. The average Bonchev–Trinajstić information content (AvgIpc) is 2.37. The third kappa shape index (κ3) is 4.95. The highest BCUT2D eigenvalue weighted by Gasteiger charge is 2.20. The van der Waals surface area contributed by atoms with Crippen LogP contribution in [-0.2, 0) is 15.0 Å². The number of rotatable bonds is 7. The normalized spacial score (nSPS) is 11.4. The molecule has 9 nitrogen and oxygen atoms in total. The van der Waals surface area contributed by atoms with E-state index in [1.807, 2.05) is 0 Å². The van der Waals surface area contributed by atoms with E-state index in [2.05, 4.69) is 20.7 Å². The minimum Gasteiger partial charge on any atom is -0.481 e. The summed E-state index contributed by atoms with van der Waals surface area (Å²) in [5.41, 5.74) is -0.282. The van der Waals surface area contributed by atoms with Crippen LogP contribution in [0.15, 0.2) is 22.7 Å². The standard InChI is InChI=1S/C10H12BrN3O6S/c1-13(5-4-10(15)16)21(19,20)12-9-6-7(14(17)18)2-3-8(9)11/h2-3,6,12H,4-5H2,1H3,(H,15,16). The molecule has 0 saturated carbocycles. The van der Waals surface area contributed by atoms with Crippen molar-refractivity contribution in [3.05, 3.63) is 32.8 Å². The summed E-state index contributed by atoms with van der Waals surface area (Å²) in [5, 5.41) is 19.2. The summed E-state index contributed by atoms with van der Waals surface area (Å²) in [6.07, 6.45) is -0.354. The Hall–Kier alpha value is -1.72. The highest BCUT2D eigenvalue weighted by atomic mass is 79.9. The predicted molar refractivity (Wildman–Crippen MR) is 78.2 cm³/mol. The van der Waals surface area contributed by atoms with Crippen molar-refractivity contribution in [2.45, 2.75) is 6.42 Å². The van der Waals surface area contributed by atoms with E-state index in [0.29, 0.717) is 4.47 Å². The van der Waals surface area contributed by atoms with Crippen molar-refractivity contribution in [2.75, 3.05) is 18.3 Å². The first-order valence-corrected chi connectivity index (χ1v) is 7.76. The summed E-state index contributed by atoms with van der Waals surface area (Å²) in [4.78, 5) is 20.5. The second-order valence-electron chi connectivity index (χ2n) is 3.99. The summed E-state index contributed by atoms with van der Waals surface area (Å²) >= 11 is 3.08. The number of aliphatic carboxylic acids is 1. The highest BCUT2D eigenvalue weighted by molar-refractivity contribution is 9.10. The van der Waals surface area contributed by atoms with Crippen molar-refractivity contribution < 1.29 is 23.2 Å². The van der Waals surface area contributed by atoms with Crippen LogP contribution >= 0.6 is 15.9 Å². The van der Waals surface area contributed by atoms with Gasteiger partial charge in [-0.15, -0.1) is 0 Å². The number of non-ortho nitro benzene ring substituents is 1. The molecule has 1 rings (SSSR count). The van der Waals surface area contributed by atoms with Crippen LogP contribution in [0.25, 0.3) is 0 Å². The number of carboxylic acid groups (broad SMARTS) is 1. The lowest BCUT2D eigenvalue weighted by molar-refractivity contribution is -0.384. The Kier molecular flexibility index (Phi) is 5.63. The zero-order valence-electron chi connectivity index (χ0n) is 10.8. The van der Waals surface area contributed by atoms with Crippen LogP contribution in [0.2, 0.25) is 0 Å². The minimum absolute atomic E-state index is 0.00799. The average molecular weight is 382 g/mol. The molecule has 0 bridgehead atoms. The molecule has 0 atom stereocenters. The maximum absolute atomic E-state index is 12.0. The van der Waals surface area contributed by atoms with Gasteiger partial charge in [0.15, 0.2) is 0 Å². The van der Waals surface area contributed by atoms with Crippen LogP contribution in [0.1, 0.15) is 6.42 Å². The Bertz CT molecular complexity index is 663. The minimum atomic E-state index is -4.01. The third-order valence-corrected chi connectivity index (χ3v) is 4.62. The Morgan fingerprint density at radius 1 is 1.52 bits per heavy atom. The van der Waals surface area contributed by atoms with Gasteiger partial charge in [0.25, 0.3) is 5.69 Å². The van der Waals surface area contributed by atoms with Crippen molar-refractivity contribution in [3.8, 4) is 0 Å². The number of halogens is 1. The fourth-order valence-electron chi connectivity index (χ4n) is 1.30. The zero-order chi connectivity index (χ0) is 16.2. The number of nitrogens with one attached hydrogen (secondary N) is 1. The molecule has 0 amide bonds. The fourth-order valence-corrected chi connectivity index (χ4v) is 2.71. The molecule has 21 heavy (non-hydrogen) atoms. The van der Waals surface area contributed by atoms with Crippen LogP contribution in [0.3, 0.4) is 0 Å². The number of carbonyl (C=O) groups is 1. The first kappa shape index (κ1) is 17.3. The largest absolute Gasteiger partial charge is 0.481 e. The number of hydrogen-bond donors (Lipinski definition) is 2. The molecule has 2 N–H and O–H groups in total. The zero-order valence-corrected chi connectivity index (χ0v) is 13.2. The lowest BCUT2D eigenvalue weighted by Crippen LogP contribution is -2.34. The van der Waals surface area contributed by atoms with E-state index in [9.17, 15) is 23.3 Å². The summed E-state index contributed by atoms with van der Waals surface area (Å²) < 4.78 is 27.2. The third-order valence-electron chi connectivity index (χ3n) is 2.45. The highest BCUT2D eigenvalue weighted by Crippen LogP contribution is 2.28. The molecule has 0 heterocycles. The van der Waals surface area contributed by atoms with Crippen LogP contribution in [0, 0.1) is 10.1 Å². The van der Waals surface area contributed by atoms with Crippen LogP contribution < -0.4 is 4.72 Å². The number of nitrogens with zero attached hydrogens (tertiary/aromatic N) is 2. The molecular formula is C10H12BrN3O6S. The molecule has 11 heteroatoms. The van der Waals surface area contributed by atoms with Gasteiger partial charge < -0.3 is 5.11 Å². The maximum Gasteiger partial charge on any atom is 0.304 e. The van der Waals surface area contributed by atoms with E-state index in [1.165, 1.54) is 19.2 Å². The predicted octanol–water partition coefficient (Wildman–Crippen LogP) is 1.42. The maximum atomic E-state index is 12.0. The van der Waals surface area contributed by atoms with Gasteiger partial charge in [-0.25, -0.2) is 0 Å². The smallest absolute Gasteiger partial charge is 0.304 e. The van der Waals surface area contributed by atoms with E-state index in [4.69, 9.17) is 5.11 Å². The van der Waals surface area contributed by atoms with E-state index >= 15 is 0 Å². The number of hydrogen-bond acceptors (Lipinski definition) is 5. The summed E-state index contributed by atoms with van der Waals surface area (Å²) in [6, 6.07) is 3.62. The van der Waals surface area contributed by atoms with Gasteiger partial charge in [-0.05, 0) is 22.0 Å². The van der Waals surface area contributed by atoms with Crippen molar-refractivity contribution in [1.29, 1.82) is 0 Å². The number of nitro benzene ring substituents is 1. The van der Waals surface area contributed by atoms with E-state index in [-0.39, 0.29) is 24.3 Å². The summed E-state index contributed by atoms with van der Waals surface area (Å²) in [6.45, 7) is -0.225. The number of carboxylic acids is 1. The topological polar surface area (TPSA) is 130 Å². The first-order valence-electron chi connectivity index (χ1n) is 5.53. The van der Waals surface area contributed by atoms with Gasteiger partial charge in [0, 0.05) is 30.2 Å². The van der Waals surface area contributed by atoms with Crippen LogP contribution in [-0.4, -0.2) is 42.3 Å². The molecule has 1 aromatic carbocycles. The number of anilines is 1. The van der Waals surface area contributed by atoms with Gasteiger partial charge in [0.1, 0.15) is 0 Å². The first-order chi connectivity index (χ1) is 9.63. The van der Waals surface area contributed by atoms with Crippen LogP contribution in [0.5, 0.6) is 0 Å². The molecule has 116 valence electrons. The molecule has 0 spiro atoms. The molecule has 0 fully saturated rings. The molecule has 0 aliphatic carbocycles. The molecule has 0 saturated heterocycles. The molecule has 1 aromatic rings. The van der Waals surface area contributed by atoms with E-state index in [0.717, 1.165) is 10.4 Å². The van der Waals surface area contributed by atoms with Crippen molar-refractivity contribution >= 4 is 43.5 Å². The van der Waals surface area contributed by atoms with Gasteiger partial charge >= 0.3 is 16.2 Å². The quantitative estimate of drug-likeness (QED) is 0.542. The second kappa shape index (κ2) is 6.83. The molecular weight excluding hydrogens is 370 g/mol.